The molecule has 1 aromatic rings. The van der Waals surface area contributed by atoms with E-state index in [4.69, 9.17) is 19.9 Å². The summed E-state index contributed by atoms with van der Waals surface area (Å²) in [4.78, 5) is 0. The maximum absolute atomic E-state index is 5.72. The van der Waals surface area contributed by atoms with Gasteiger partial charge in [0.1, 0.15) is 5.75 Å². The topological polar surface area (TPSA) is 53.7 Å². The third kappa shape index (κ3) is 6.58. The first kappa shape index (κ1) is 16.5. The largest absolute Gasteiger partial charge is 0.493 e. The smallest absolute Gasteiger partial charge is 0.122 e. The van der Waals surface area contributed by atoms with Crippen molar-refractivity contribution in [2.24, 2.45) is 5.73 Å². The molecule has 1 aromatic carbocycles. The van der Waals surface area contributed by atoms with Crippen molar-refractivity contribution in [1.82, 2.24) is 0 Å². The molecule has 0 aliphatic heterocycles. The molecule has 4 nitrogen and oxygen atoms in total. The fraction of sp³-hybridized carbons (Fsp3) is 0.500. The Bertz CT molecular complexity index is 449. The lowest BCUT2D eigenvalue weighted by Crippen LogP contribution is -2.07. The number of nitrogens with two attached hydrogens (primary N) is 1. The van der Waals surface area contributed by atoms with Crippen LogP contribution < -0.4 is 10.5 Å². The van der Waals surface area contributed by atoms with Gasteiger partial charge in [0, 0.05) is 25.7 Å². The normalized spacial score (nSPS) is 9.95. The Kier molecular flexibility index (Phi) is 8.48. The Morgan fingerprint density at radius 2 is 2.00 bits per heavy atom. The number of methoxy groups -OCH3 is 1. The van der Waals surface area contributed by atoms with Crippen molar-refractivity contribution in [1.29, 1.82) is 0 Å². The molecule has 0 radical (unpaired) electrons. The molecule has 0 atom stereocenters. The molecule has 1 rings (SSSR count). The fourth-order valence-electron chi connectivity index (χ4n) is 1.63. The number of rotatable bonds is 8. The molecule has 0 amide bonds. The van der Waals surface area contributed by atoms with Crippen LogP contribution in [0.1, 0.15) is 17.5 Å². The van der Waals surface area contributed by atoms with E-state index in [0.717, 1.165) is 23.3 Å². The van der Waals surface area contributed by atoms with Crippen LogP contribution in [0, 0.1) is 18.8 Å². The van der Waals surface area contributed by atoms with Crippen LogP contribution in [0.3, 0.4) is 0 Å². The molecule has 0 bridgehead atoms. The highest BCUT2D eigenvalue weighted by molar-refractivity contribution is 5.43. The van der Waals surface area contributed by atoms with E-state index in [-0.39, 0.29) is 0 Å². The Morgan fingerprint density at radius 1 is 1.15 bits per heavy atom. The lowest BCUT2D eigenvalue weighted by atomic mass is 10.1. The molecule has 20 heavy (non-hydrogen) atoms. The monoisotopic (exact) mass is 277 g/mol. The molecule has 0 saturated carbocycles. The van der Waals surface area contributed by atoms with Crippen molar-refractivity contribution in [3.8, 4) is 17.6 Å². The van der Waals surface area contributed by atoms with Gasteiger partial charge in [-0.1, -0.05) is 11.8 Å². The third-order valence-electron chi connectivity index (χ3n) is 2.63. The van der Waals surface area contributed by atoms with E-state index in [2.05, 4.69) is 11.8 Å². The first-order valence-electron chi connectivity index (χ1n) is 6.77. The third-order valence-corrected chi connectivity index (χ3v) is 2.63. The summed E-state index contributed by atoms with van der Waals surface area (Å²) in [6, 6.07) is 5.90. The number of ether oxygens (including phenoxy) is 3. The maximum atomic E-state index is 5.72. The van der Waals surface area contributed by atoms with Crippen LogP contribution in [-0.4, -0.2) is 40.1 Å². The quantitative estimate of drug-likeness (QED) is 0.581. The number of hydrogen-bond acceptors (Lipinski definition) is 4. The Hall–Kier alpha value is -1.54. The van der Waals surface area contributed by atoms with Gasteiger partial charge in [-0.05, 0) is 30.7 Å². The second kappa shape index (κ2) is 10.3. The first-order valence-corrected chi connectivity index (χ1v) is 6.77. The van der Waals surface area contributed by atoms with E-state index in [1.54, 1.807) is 7.11 Å². The summed E-state index contributed by atoms with van der Waals surface area (Å²) in [5.41, 5.74) is 7.39. The predicted octanol–water partition coefficient (Wildman–Crippen LogP) is 1.74. The second-order valence-electron chi connectivity index (χ2n) is 4.29. The van der Waals surface area contributed by atoms with Crippen molar-refractivity contribution in [3.63, 3.8) is 0 Å². The summed E-state index contributed by atoms with van der Waals surface area (Å²) in [5.74, 6) is 6.73. The summed E-state index contributed by atoms with van der Waals surface area (Å²) in [6.07, 6.45) is 0.859. The van der Waals surface area contributed by atoms with E-state index in [1.165, 1.54) is 0 Å². The van der Waals surface area contributed by atoms with E-state index >= 15 is 0 Å². The van der Waals surface area contributed by atoms with Gasteiger partial charge in [-0.3, -0.25) is 0 Å². The van der Waals surface area contributed by atoms with Gasteiger partial charge >= 0.3 is 0 Å². The van der Waals surface area contributed by atoms with E-state index in [1.807, 2.05) is 25.1 Å². The van der Waals surface area contributed by atoms with Gasteiger partial charge in [-0.25, -0.2) is 0 Å². The zero-order valence-corrected chi connectivity index (χ0v) is 12.3. The molecule has 0 saturated heterocycles. The van der Waals surface area contributed by atoms with Crippen LogP contribution in [0.25, 0.3) is 0 Å². The molecule has 0 spiro atoms. The summed E-state index contributed by atoms with van der Waals surface area (Å²) >= 11 is 0. The van der Waals surface area contributed by atoms with Gasteiger partial charge in [0.05, 0.1) is 26.4 Å². The van der Waals surface area contributed by atoms with E-state index in [9.17, 15) is 0 Å². The lowest BCUT2D eigenvalue weighted by Gasteiger charge is -2.09. The van der Waals surface area contributed by atoms with Crippen molar-refractivity contribution < 1.29 is 14.2 Å². The van der Waals surface area contributed by atoms with Crippen molar-refractivity contribution in [2.75, 3.05) is 40.1 Å². The summed E-state index contributed by atoms with van der Waals surface area (Å²) in [6.45, 7) is 4.97. The number of aryl methyl sites for hydroxylation is 1. The second-order valence-corrected chi connectivity index (χ2v) is 4.29. The van der Waals surface area contributed by atoms with Gasteiger partial charge in [-0.2, -0.15) is 0 Å². The van der Waals surface area contributed by atoms with E-state index < -0.39 is 0 Å². The number of hydrogen-bond donors (Lipinski definition) is 1. The Labute approximate surface area is 121 Å². The molecule has 0 aromatic heterocycles. The van der Waals surface area contributed by atoms with Gasteiger partial charge in [0.2, 0.25) is 0 Å². The van der Waals surface area contributed by atoms with Gasteiger partial charge in [-0.15, -0.1) is 0 Å². The molecule has 0 aliphatic rings. The molecular formula is C16H23NO3. The molecule has 0 unspecified atom stereocenters. The average molecular weight is 277 g/mol. The van der Waals surface area contributed by atoms with Crippen LogP contribution in [-0.2, 0) is 9.47 Å². The van der Waals surface area contributed by atoms with Crippen molar-refractivity contribution >= 4 is 0 Å². The van der Waals surface area contributed by atoms with Crippen molar-refractivity contribution in [2.45, 2.75) is 13.3 Å². The molecular weight excluding hydrogens is 254 g/mol. The summed E-state index contributed by atoms with van der Waals surface area (Å²) in [5, 5.41) is 0. The maximum Gasteiger partial charge on any atom is 0.122 e. The van der Waals surface area contributed by atoms with Crippen LogP contribution in [0.2, 0.25) is 0 Å². The molecule has 0 heterocycles. The fourth-order valence-corrected chi connectivity index (χ4v) is 1.63. The minimum absolute atomic E-state index is 0.375. The lowest BCUT2D eigenvalue weighted by molar-refractivity contribution is 0.0644. The highest BCUT2D eigenvalue weighted by Gasteiger charge is 2.00. The van der Waals surface area contributed by atoms with Gasteiger partial charge in [0.25, 0.3) is 0 Å². The standard InChI is InChI=1S/C16H23NO3/c1-14-13-15(5-3-8-17)6-7-16(14)20-10-4-9-19-12-11-18-2/h6-7,13H,4,8-12,17H2,1-2H3. The average Bonchev–Trinajstić information content (AvgIpc) is 2.46. The zero-order valence-electron chi connectivity index (χ0n) is 12.3. The molecule has 4 heteroatoms. The predicted molar refractivity (Wildman–Crippen MR) is 79.9 cm³/mol. The SMILES string of the molecule is COCCOCCCOc1ccc(C#CCN)cc1C. The summed E-state index contributed by atoms with van der Waals surface area (Å²) < 4.78 is 16.0. The van der Waals surface area contributed by atoms with Gasteiger partial charge < -0.3 is 19.9 Å². The Balaban J connectivity index is 2.30. The van der Waals surface area contributed by atoms with Crippen LogP contribution >= 0.6 is 0 Å². The molecule has 110 valence electrons. The van der Waals surface area contributed by atoms with Crippen molar-refractivity contribution in [3.05, 3.63) is 29.3 Å². The highest BCUT2D eigenvalue weighted by atomic mass is 16.5. The molecule has 0 fully saturated rings. The molecule has 2 N–H and O–H groups in total. The summed E-state index contributed by atoms with van der Waals surface area (Å²) in [7, 11) is 1.66. The zero-order chi connectivity index (χ0) is 14.6. The minimum atomic E-state index is 0.375. The highest BCUT2D eigenvalue weighted by Crippen LogP contribution is 2.18. The first-order chi connectivity index (χ1) is 9.77. The minimum Gasteiger partial charge on any atom is -0.493 e. The van der Waals surface area contributed by atoms with Crippen LogP contribution in [0.4, 0.5) is 0 Å². The van der Waals surface area contributed by atoms with E-state index in [0.29, 0.717) is 33.0 Å². The van der Waals surface area contributed by atoms with Crippen LogP contribution in [0.5, 0.6) is 5.75 Å². The Morgan fingerprint density at radius 3 is 2.70 bits per heavy atom. The molecule has 0 aliphatic carbocycles. The van der Waals surface area contributed by atoms with Gasteiger partial charge in [0.15, 0.2) is 0 Å². The number of benzene rings is 1. The van der Waals surface area contributed by atoms with Crippen LogP contribution in [0.15, 0.2) is 18.2 Å².